The number of aliphatic carboxylic acids is 1. The maximum Gasteiger partial charge on any atom is 0.327 e. The number of carbonyl (C=O) groups excluding carboxylic acids is 11. The highest BCUT2D eigenvalue weighted by atomic mass is 32.1. The normalized spacial score (nSPS) is 16.7. The Kier molecular flexibility index (Phi) is 32.3. The van der Waals surface area contributed by atoms with E-state index in [0.717, 1.165) is 13.8 Å². The molecule has 19 N–H and O–H groups in total. The predicted molar refractivity (Wildman–Crippen MR) is 384 cm³/mol. The SMILES string of the molecule is C[C@@H](O)[C@H](NC(=O)[C@H](Cc1ccccc1)NC(=O)[C@@H](N)CS)C(=O)N[C@@H](Cc1ccc(O)cc1)C(=O)N[C@@H](Cc1ccc(O)cc1)C(=O)N1CCC[C@H]1C(=O)N[C@@H](Cc1ccccc1)C(=O)N[C@H](C(=O)N[C@H](C(=O)N[C@@H](Cc1ccccc1)C(=O)N[C@@H](CO)C(=O)N[C@@H](CS)C(=O)O)[C@@H](C)O)[C@@H](C)O. The monoisotopic (exact) mass is 1480 g/mol. The van der Waals surface area contributed by atoms with Crippen molar-refractivity contribution in [2.45, 2.75) is 157 Å². The Bertz CT molecular complexity index is 3740. The van der Waals surface area contributed by atoms with E-state index in [0.29, 0.717) is 27.8 Å². The van der Waals surface area contributed by atoms with Crippen molar-refractivity contribution < 1.29 is 93.3 Å². The molecule has 0 bridgehead atoms. The van der Waals surface area contributed by atoms with E-state index >= 15 is 4.79 Å². The Morgan fingerprint density at radius 2 is 0.721 bits per heavy atom. The van der Waals surface area contributed by atoms with Crippen LogP contribution in [0.1, 0.15) is 61.4 Å². The number of likely N-dealkylation sites (tertiary alicyclic amines) is 1. The molecule has 1 fully saturated rings. The summed E-state index contributed by atoms with van der Waals surface area (Å²) in [7, 11) is 0. The zero-order valence-electron chi connectivity index (χ0n) is 57.2. The van der Waals surface area contributed by atoms with Gasteiger partial charge in [-0.15, -0.1) is 0 Å². The quantitative estimate of drug-likeness (QED) is 0.0174. The lowest BCUT2D eigenvalue weighted by atomic mass is 10.0. The molecular formula is C71H90N12O19S2. The number of aliphatic hydroxyl groups excluding tert-OH is 4. The van der Waals surface area contributed by atoms with Crippen molar-refractivity contribution in [1.29, 1.82) is 0 Å². The molecule has 0 aliphatic carbocycles. The standard InChI is InChI=1S/C71H90N12O19S2/c1-38(85)57(80-63(93)51(73-60(90)48(72)36-103)31-42-16-9-5-10-17-42)67(97)76-50(33-44-21-25-46(88)26-22-44)61(91)77-53(34-45-23-27-47(89)28-24-45)70(100)83-29-13-20-56(83)66(96)74-52(32-43-18-11-6-12-19-43)64(94)81-59(40(3)87)69(99)82-58(39(2)86)68(98)75-49(30-41-14-7-4-8-15-41)62(92)78-54(35-84)65(95)79-55(37-104)71(101)102/h4-12,14-19,21-28,38-40,48-59,84-89,103-104H,13,20,29-37,72H2,1-3H3,(H,73,90)(H,74,96)(H,75,98)(H,76,97)(H,77,91)(H,78,92)(H,79,95)(H,80,93)(H,81,94)(H,82,99)(H,101,102)/t38-,39-,40-,48+,49+,50+,51+,52+,53+,54+,55+,56+,57+,58+,59+/m1/s1. The minimum atomic E-state index is -1.93. The van der Waals surface area contributed by atoms with Crippen LogP contribution in [0.25, 0.3) is 0 Å². The van der Waals surface area contributed by atoms with Gasteiger partial charge in [0.2, 0.25) is 65.0 Å². The van der Waals surface area contributed by atoms with Gasteiger partial charge in [-0.3, -0.25) is 52.7 Å². The smallest absolute Gasteiger partial charge is 0.327 e. The van der Waals surface area contributed by atoms with Crippen LogP contribution in [-0.4, -0.2) is 227 Å². The number of nitrogens with two attached hydrogens (primary N) is 1. The van der Waals surface area contributed by atoms with E-state index in [9.17, 15) is 88.5 Å². The zero-order valence-corrected chi connectivity index (χ0v) is 59.0. The molecule has 1 aliphatic heterocycles. The molecule has 0 spiro atoms. The van der Waals surface area contributed by atoms with Gasteiger partial charge in [0.15, 0.2) is 0 Å². The molecule has 104 heavy (non-hydrogen) atoms. The summed E-state index contributed by atoms with van der Waals surface area (Å²) in [4.78, 5) is 169. The van der Waals surface area contributed by atoms with Crippen LogP contribution in [0.2, 0.25) is 0 Å². The van der Waals surface area contributed by atoms with Gasteiger partial charge in [0.1, 0.15) is 78.0 Å². The number of nitrogens with one attached hydrogen (secondary N) is 10. The zero-order chi connectivity index (χ0) is 76.3. The molecule has 1 heterocycles. The van der Waals surface area contributed by atoms with E-state index in [1.54, 1.807) is 91.0 Å². The number of phenolic OH excluding ortho intramolecular Hbond substituents is 2. The summed E-state index contributed by atoms with van der Waals surface area (Å²) in [6.07, 6.45) is -6.09. The molecule has 0 aromatic heterocycles. The number of rotatable bonds is 38. The van der Waals surface area contributed by atoms with Gasteiger partial charge in [-0.25, -0.2) is 4.79 Å². The molecule has 1 aliphatic rings. The molecule has 33 heteroatoms. The van der Waals surface area contributed by atoms with Crippen molar-refractivity contribution in [1.82, 2.24) is 58.1 Å². The number of carbonyl (C=O) groups is 12. The lowest BCUT2D eigenvalue weighted by molar-refractivity contribution is -0.143. The fraction of sp³-hybridized carbons (Fsp3) is 0.408. The van der Waals surface area contributed by atoms with E-state index in [1.807, 2.05) is 0 Å². The van der Waals surface area contributed by atoms with Crippen molar-refractivity contribution >= 4 is 96.2 Å². The minimum absolute atomic E-state index is 0.0112. The molecule has 31 nitrogen and oxygen atoms in total. The molecule has 5 aromatic carbocycles. The molecule has 0 radical (unpaired) electrons. The molecule has 560 valence electrons. The second-order valence-corrected chi connectivity index (χ2v) is 25.8. The van der Waals surface area contributed by atoms with E-state index in [2.05, 4.69) is 78.4 Å². The van der Waals surface area contributed by atoms with Crippen molar-refractivity contribution in [3.05, 3.63) is 167 Å². The summed E-state index contributed by atoms with van der Waals surface area (Å²) in [5, 5.41) is 97.7. The number of aromatic hydroxyl groups is 2. The lowest BCUT2D eigenvalue weighted by Crippen LogP contribution is -2.64. The third kappa shape index (κ3) is 25.1. The van der Waals surface area contributed by atoms with Crippen LogP contribution in [0, 0.1) is 0 Å². The second kappa shape index (κ2) is 40.6. The van der Waals surface area contributed by atoms with Gasteiger partial charge in [0.25, 0.3) is 0 Å². The summed E-state index contributed by atoms with van der Waals surface area (Å²) in [6.45, 7) is 2.35. The van der Waals surface area contributed by atoms with E-state index in [-0.39, 0.29) is 74.5 Å². The van der Waals surface area contributed by atoms with Gasteiger partial charge in [-0.1, -0.05) is 115 Å². The average molecular weight is 1480 g/mol. The first-order valence-electron chi connectivity index (χ1n) is 33.4. The van der Waals surface area contributed by atoms with Gasteiger partial charge < -0.3 is 99.5 Å². The predicted octanol–water partition coefficient (Wildman–Crippen LogP) is -3.14. The van der Waals surface area contributed by atoms with E-state index < -0.39 is 168 Å². The Morgan fingerprint density at radius 1 is 0.413 bits per heavy atom. The summed E-state index contributed by atoms with van der Waals surface area (Å²) in [5.74, 6) is -13.2. The highest BCUT2D eigenvalue weighted by Gasteiger charge is 2.42. The number of hydrogen-bond donors (Lipinski definition) is 20. The summed E-state index contributed by atoms with van der Waals surface area (Å²) in [6, 6.07) is 17.1. The molecular weight excluding hydrogens is 1390 g/mol. The Morgan fingerprint density at radius 3 is 1.09 bits per heavy atom. The highest BCUT2D eigenvalue weighted by molar-refractivity contribution is 7.80. The van der Waals surface area contributed by atoms with Crippen molar-refractivity contribution in [3.8, 4) is 11.5 Å². The number of nitrogens with zero attached hydrogens (tertiary/aromatic N) is 1. The van der Waals surface area contributed by atoms with Gasteiger partial charge in [-0.2, -0.15) is 25.3 Å². The lowest BCUT2D eigenvalue weighted by Gasteiger charge is -2.32. The van der Waals surface area contributed by atoms with Gasteiger partial charge in [0, 0.05) is 50.2 Å². The molecule has 0 unspecified atom stereocenters. The maximum absolute atomic E-state index is 15.2. The second-order valence-electron chi connectivity index (χ2n) is 25.1. The van der Waals surface area contributed by atoms with Crippen molar-refractivity contribution in [2.75, 3.05) is 24.7 Å². The number of hydrogen-bond acceptors (Lipinski definition) is 21. The first-order chi connectivity index (χ1) is 49.5. The number of aliphatic hydroxyl groups is 4. The topological polar surface area (TPSA) is 496 Å². The fourth-order valence-electron chi connectivity index (χ4n) is 11.1. The number of amides is 11. The van der Waals surface area contributed by atoms with Crippen LogP contribution in [-0.2, 0) is 89.6 Å². The van der Waals surface area contributed by atoms with Crippen LogP contribution < -0.4 is 58.9 Å². The van der Waals surface area contributed by atoms with Crippen molar-refractivity contribution in [2.24, 2.45) is 5.73 Å². The third-order valence-corrected chi connectivity index (χ3v) is 17.7. The molecule has 6 rings (SSSR count). The number of thiol groups is 2. The van der Waals surface area contributed by atoms with Gasteiger partial charge in [-0.05, 0) is 85.7 Å². The van der Waals surface area contributed by atoms with Crippen molar-refractivity contribution in [3.63, 3.8) is 0 Å². The minimum Gasteiger partial charge on any atom is -0.508 e. The van der Waals surface area contributed by atoms with Crippen LogP contribution in [0.4, 0.5) is 0 Å². The highest BCUT2D eigenvalue weighted by Crippen LogP contribution is 2.23. The average Bonchev–Trinajstić information content (AvgIpc) is 1.59. The van der Waals surface area contributed by atoms with Crippen LogP contribution in [0.15, 0.2) is 140 Å². The summed E-state index contributed by atoms with van der Waals surface area (Å²) >= 11 is 8.00. The van der Waals surface area contributed by atoms with Crippen LogP contribution in [0.5, 0.6) is 11.5 Å². The van der Waals surface area contributed by atoms with Gasteiger partial charge >= 0.3 is 5.97 Å². The molecule has 11 amide bonds. The molecule has 15 atom stereocenters. The van der Waals surface area contributed by atoms with Gasteiger partial charge in [0.05, 0.1) is 31.0 Å². The summed E-state index contributed by atoms with van der Waals surface area (Å²) < 4.78 is 0. The largest absolute Gasteiger partial charge is 0.508 e. The number of phenols is 2. The Hall–Kier alpha value is -10.2. The number of benzene rings is 5. The molecule has 0 saturated carbocycles. The Labute approximate surface area is 610 Å². The fourth-order valence-corrected chi connectivity index (χ4v) is 11.6. The molecule has 5 aromatic rings. The third-order valence-electron chi connectivity index (χ3n) is 16.9. The van der Waals surface area contributed by atoms with E-state index in [4.69, 9.17) is 5.73 Å². The Balaban J connectivity index is 1.24. The number of carboxylic acids is 1. The first-order valence-corrected chi connectivity index (χ1v) is 34.6. The molecule has 1 saturated heterocycles. The van der Waals surface area contributed by atoms with Crippen LogP contribution >= 0.6 is 25.3 Å². The van der Waals surface area contributed by atoms with Crippen LogP contribution in [0.3, 0.4) is 0 Å². The summed E-state index contributed by atoms with van der Waals surface area (Å²) in [5.41, 5.74) is 8.27. The maximum atomic E-state index is 15.2. The van der Waals surface area contributed by atoms with E-state index in [1.165, 1.54) is 60.4 Å². The number of carboxylic acid groups (broad SMARTS) is 1. The first kappa shape index (κ1) is 82.8.